The Morgan fingerprint density at radius 2 is 1.30 bits per heavy atom. The van der Waals surface area contributed by atoms with E-state index in [9.17, 15) is 4.79 Å². The van der Waals surface area contributed by atoms with Gasteiger partial charge in [0.25, 0.3) is 0 Å². The van der Waals surface area contributed by atoms with Crippen LogP contribution in [-0.4, -0.2) is 5.78 Å². The van der Waals surface area contributed by atoms with Crippen molar-refractivity contribution in [2.45, 2.75) is 31.4 Å². The van der Waals surface area contributed by atoms with Crippen LogP contribution >= 0.6 is 11.8 Å². The Morgan fingerprint density at radius 1 is 0.783 bits per heavy atom. The number of rotatable bonds is 2. The topological polar surface area (TPSA) is 17.1 Å². The average molecular weight is 335 g/mol. The second kappa shape index (κ2) is 5.91. The van der Waals surface area contributed by atoms with Gasteiger partial charge in [-0.2, -0.15) is 0 Å². The second-order valence-corrected chi connectivity index (χ2v) is 8.43. The van der Waals surface area contributed by atoms with E-state index < -0.39 is 0 Å². The molecule has 0 fully saturated rings. The SMILES string of the molecule is CC(=O)c1ccc([S+]2c3ccccc3Sc3ccccc32)cc1. The van der Waals surface area contributed by atoms with Crippen LogP contribution in [0.15, 0.2) is 97.3 Å². The molecule has 0 unspecified atom stereocenters. The van der Waals surface area contributed by atoms with Crippen LogP contribution in [0.2, 0.25) is 0 Å². The zero-order chi connectivity index (χ0) is 15.8. The maximum Gasteiger partial charge on any atom is 0.180 e. The molecule has 0 aliphatic carbocycles. The molecule has 0 atom stereocenters. The van der Waals surface area contributed by atoms with Gasteiger partial charge in [-0.15, -0.1) is 0 Å². The molecule has 0 amide bonds. The van der Waals surface area contributed by atoms with E-state index in [2.05, 4.69) is 60.7 Å². The summed E-state index contributed by atoms with van der Waals surface area (Å²) in [5.74, 6) is 0.111. The lowest BCUT2D eigenvalue weighted by Crippen LogP contribution is -2.11. The van der Waals surface area contributed by atoms with Crippen molar-refractivity contribution in [3.8, 4) is 0 Å². The molecular formula is C20H15OS2+. The minimum absolute atomic E-state index is 0.111. The Morgan fingerprint density at radius 3 is 1.83 bits per heavy atom. The smallest absolute Gasteiger partial charge is 0.180 e. The number of carbonyl (C=O) groups excluding carboxylic acids is 1. The van der Waals surface area contributed by atoms with Crippen molar-refractivity contribution in [1.82, 2.24) is 0 Å². The molecule has 1 heterocycles. The Labute approximate surface area is 143 Å². The molecule has 1 aliphatic heterocycles. The van der Waals surface area contributed by atoms with Crippen molar-refractivity contribution in [2.24, 2.45) is 0 Å². The van der Waals surface area contributed by atoms with Crippen molar-refractivity contribution in [3.63, 3.8) is 0 Å². The van der Waals surface area contributed by atoms with Crippen LogP contribution in [0.4, 0.5) is 0 Å². The summed E-state index contributed by atoms with van der Waals surface area (Å²) in [4.78, 5) is 18.2. The van der Waals surface area contributed by atoms with Gasteiger partial charge in [0, 0.05) is 5.56 Å². The largest absolute Gasteiger partial charge is 0.295 e. The molecule has 112 valence electrons. The van der Waals surface area contributed by atoms with Crippen LogP contribution in [-0.2, 0) is 10.9 Å². The molecule has 3 heteroatoms. The third-order valence-corrected chi connectivity index (χ3v) is 7.60. The first-order valence-electron chi connectivity index (χ1n) is 7.45. The van der Waals surface area contributed by atoms with Gasteiger partial charge in [0.15, 0.2) is 20.5 Å². The standard InChI is InChI=1S/C20H15OS2/c1-14(21)15-10-12-16(13-11-15)23-19-8-4-2-6-17(19)22-18-7-3-5-9-20(18)23/h2-13H,1H3/q+1. The molecule has 0 saturated heterocycles. The highest BCUT2D eigenvalue weighted by Gasteiger charge is 2.37. The molecule has 0 saturated carbocycles. The van der Waals surface area contributed by atoms with E-state index in [1.165, 1.54) is 24.5 Å². The third-order valence-electron chi connectivity index (χ3n) is 3.85. The van der Waals surface area contributed by atoms with Gasteiger partial charge in [0.1, 0.15) is 10.9 Å². The van der Waals surface area contributed by atoms with Crippen molar-refractivity contribution in [2.75, 3.05) is 0 Å². The summed E-state index contributed by atoms with van der Waals surface area (Å²) in [5, 5.41) is 0. The zero-order valence-electron chi connectivity index (χ0n) is 12.7. The number of hydrogen-bond donors (Lipinski definition) is 0. The Hall–Kier alpha value is -1.97. The molecule has 0 N–H and O–H groups in total. The summed E-state index contributed by atoms with van der Waals surface area (Å²) in [7, 11) is -0.112. The van der Waals surface area contributed by atoms with Crippen LogP contribution < -0.4 is 0 Å². The Kier molecular flexibility index (Phi) is 3.76. The van der Waals surface area contributed by atoms with Gasteiger partial charge in [-0.3, -0.25) is 4.79 Å². The van der Waals surface area contributed by atoms with E-state index in [-0.39, 0.29) is 16.7 Å². The zero-order valence-corrected chi connectivity index (χ0v) is 14.3. The van der Waals surface area contributed by atoms with E-state index in [1.807, 2.05) is 23.9 Å². The van der Waals surface area contributed by atoms with Gasteiger partial charge >= 0.3 is 0 Å². The summed E-state index contributed by atoms with van der Waals surface area (Å²) in [6.45, 7) is 1.61. The van der Waals surface area contributed by atoms with Crippen molar-refractivity contribution in [1.29, 1.82) is 0 Å². The van der Waals surface area contributed by atoms with Gasteiger partial charge in [-0.1, -0.05) is 36.0 Å². The lowest BCUT2D eigenvalue weighted by atomic mass is 10.2. The highest BCUT2D eigenvalue weighted by Crippen LogP contribution is 2.47. The van der Waals surface area contributed by atoms with E-state index in [1.54, 1.807) is 6.92 Å². The van der Waals surface area contributed by atoms with Gasteiger partial charge in [-0.25, -0.2) is 0 Å². The second-order valence-electron chi connectivity index (χ2n) is 5.38. The molecule has 3 aromatic carbocycles. The first-order valence-corrected chi connectivity index (χ1v) is 9.49. The molecule has 3 aromatic rings. The van der Waals surface area contributed by atoms with E-state index in [0.717, 1.165) is 5.56 Å². The maximum absolute atomic E-state index is 11.5. The van der Waals surface area contributed by atoms with E-state index in [0.29, 0.717) is 0 Å². The van der Waals surface area contributed by atoms with Crippen LogP contribution in [0.3, 0.4) is 0 Å². The van der Waals surface area contributed by atoms with Gasteiger partial charge in [-0.05, 0) is 55.5 Å². The van der Waals surface area contributed by atoms with Crippen molar-refractivity contribution in [3.05, 3.63) is 78.4 Å². The highest BCUT2D eigenvalue weighted by atomic mass is 32.2. The van der Waals surface area contributed by atoms with E-state index >= 15 is 0 Å². The number of benzene rings is 3. The predicted octanol–water partition coefficient (Wildman–Crippen LogP) is 5.45. The van der Waals surface area contributed by atoms with Crippen LogP contribution in [0.5, 0.6) is 0 Å². The monoisotopic (exact) mass is 335 g/mol. The molecule has 0 radical (unpaired) electrons. The maximum atomic E-state index is 11.5. The van der Waals surface area contributed by atoms with E-state index in [4.69, 9.17) is 0 Å². The lowest BCUT2D eigenvalue weighted by Gasteiger charge is -2.18. The molecule has 1 aliphatic rings. The van der Waals surface area contributed by atoms with Crippen LogP contribution in [0.25, 0.3) is 0 Å². The summed E-state index contributed by atoms with van der Waals surface area (Å²) in [6, 6.07) is 25.3. The van der Waals surface area contributed by atoms with Crippen LogP contribution in [0, 0.1) is 0 Å². The molecule has 1 nitrogen and oxygen atoms in total. The van der Waals surface area contributed by atoms with Gasteiger partial charge in [0.05, 0.1) is 9.79 Å². The number of Topliss-reactive ketones (excluding diaryl/α,β-unsaturated/α-hetero) is 1. The van der Waals surface area contributed by atoms with Crippen LogP contribution in [0.1, 0.15) is 17.3 Å². The summed E-state index contributed by atoms with van der Waals surface area (Å²) in [6.07, 6.45) is 0. The fraction of sp³-hybridized carbons (Fsp3) is 0.0500. The minimum Gasteiger partial charge on any atom is -0.295 e. The number of ketones is 1. The minimum atomic E-state index is -0.112. The summed E-state index contributed by atoms with van der Waals surface area (Å²) in [5.41, 5.74) is 0.769. The Bertz CT molecular complexity index is 839. The molecule has 4 rings (SSSR count). The van der Waals surface area contributed by atoms with Gasteiger partial charge < -0.3 is 0 Å². The fourth-order valence-electron chi connectivity index (χ4n) is 2.72. The molecule has 23 heavy (non-hydrogen) atoms. The third kappa shape index (κ3) is 2.60. The lowest BCUT2D eigenvalue weighted by molar-refractivity contribution is 0.101. The number of hydrogen-bond acceptors (Lipinski definition) is 2. The first-order chi connectivity index (χ1) is 11.2. The fourth-order valence-corrected chi connectivity index (χ4v) is 6.46. The van der Waals surface area contributed by atoms with Gasteiger partial charge in [0.2, 0.25) is 0 Å². The first kappa shape index (κ1) is 14.6. The summed E-state index contributed by atoms with van der Waals surface area (Å²) < 4.78 is 0. The molecule has 0 aromatic heterocycles. The molecule has 0 spiro atoms. The summed E-state index contributed by atoms with van der Waals surface area (Å²) >= 11 is 1.84. The quantitative estimate of drug-likeness (QED) is 0.358. The highest BCUT2D eigenvalue weighted by molar-refractivity contribution is 8.04. The Balaban J connectivity index is 1.89. The predicted molar refractivity (Wildman–Crippen MR) is 95.6 cm³/mol. The number of carbonyl (C=O) groups is 1. The molecule has 0 bridgehead atoms. The van der Waals surface area contributed by atoms with Crippen molar-refractivity contribution >= 4 is 28.4 Å². The average Bonchev–Trinajstić information content (AvgIpc) is 2.59. The van der Waals surface area contributed by atoms with Crippen molar-refractivity contribution < 1.29 is 4.79 Å². The molecular weight excluding hydrogens is 320 g/mol. The normalized spacial score (nSPS) is 13.3. The number of fused-ring (bicyclic) bond motifs is 2.